The van der Waals surface area contributed by atoms with Crippen molar-refractivity contribution in [1.29, 1.82) is 0 Å². The number of H-pyrrole nitrogens is 1. The Morgan fingerprint density at radius 2 is 2.54 bits per heavy atom. The van der Waals surface area contributed by atoms with Crippen LogP contribution in [-0.2, 0) is 11.2 Å². The maximum absolute atomic E-state index is 10.9. The molecule has 0 radical (unpaired) electrons. The number of hydrogen-bond acceptors (Lipinski definition) is 3. The first-order chi connectivity index (χ1) is 6.08. The van der Waals surface area contributed by atoms with Gasteiger partial charge in [0.2, 0.25) is 0 Å². The van der Waals surface area contributed by atoms with Gasteiger partial charge in [0.15, 0.2) is 0 Å². The minimum absolute atomic E-state index is 0.363. The number of imidazole rings is 1. The van der Waals surface area contributed by atoms with E-state index in [2.05, 4.69) is 15.3 Å². The molecule has 0 bridgehead atoms. The summed E-state index contributed by atoms with van der Waals surface area (Å²) < 4.78 is 0. The number of carbonyl (C=O) groups is 1. The third-order valence-electron chi connectivity index (χ3n) is 2.11. The van der Waals surface area contributed by atoms with Crippen molar-refractivity contribution in [3.63, 3.8) is 0 Å². The lowest BCUT2D eigenvalue weighted by Crippen LogP contribution is -2.49. The van der Waals surface area contributed by atoms with Crippen LogP contribution in [-0.4, -0.2) is 33.6 Å². The van der Waals surface area contributed by atoms with E-state index in [1.54, 1.807) is 20.2 Å². The molecule has 1 heterocycles. The summed E-state index contributed by atoms with van der Waals surface area (Å²) in [4.78, 5) is 17.6. The van der Waals surface area contributed by atoms with E-state index in [0.29, 0.717) is 6.42 Å². The van der Waals surface area contributed by atoms with Crippen LogP contribution in [0, 0.1) is 0 Å². The molecule has 0 saturated heterocycles. The first-order valence-electron chi connectivity index (χ1n) is 3.98. The number of aliphatic carboxylic acids is 1. The van der Waals surface area contributed by atoms with E-state index in [9.17, 15) is 4.79 Å². The number of aromatic nitrogens is 2. The van der Waals surface area contributed by atoms with Gasteiger partial charge in [-0.3, -0.25) is 4.79 Å². The van der Waals surface area contributed by atoms with Crippen LogP contribution in [0.2, 0.25) is 0 Å². The van der Waals surface area contributed by atoms with E-state index in [-0.39, 0.29) is 0 Å². The molecule has 5 heteroatoms. The highest BCUT2D eigenvalue weighted by atomic mass is 16.4. The number of aromatic amines is 1. The summed E-state index contributed by atoms with van der Waals surface area (Å²) in [5, 5.41) is 11.7. The first-order valence-corrected chi connectivity index (χ1v) is 3.98. The van der Waals surface area contributed by atoms with Gasteiger partial charge in [-0.25, -0.2) is 4.98 Å². The van der Waals surface area contributed by atoms with Crippen molar-refractivity contribution in [2.24, 2.45) is 0 Å². The predicted octanol–water partition coefficient (Wildman–Crippen LogP) is 0.0149. The fourth-order valence-electron chi connectivity index (χ4n) is 1.02. The maximum Gasteiger partial charge on any atom is 0.324 e. The van der Waals surface area contributed by atoms with E-state index in [4.69, 9.17) is 5.11 Å². The van der Waals surface area contributed by atoms with Crippen molar-refractivity contribution in [1.82, 2.24) is 15.3 Å². The van der Waals surface area contributed by atoms with E-state index >= 15 is 0 Å². The van der Waals surface area contributed by atoms with Crippen LogP contribution in [0.15, 0.2) is 12.5 Å². The van der Waals surface area contributed by atoms with E-state index in [0.717, 1.165) is 5.69 Å². The van der Waals surface area contributed by atoms with Crippen LogP contribution in [0.25, 0.3) is 0 Å². The number of hydrogen-bond donors (Lipinski definition) is 3. The molecule has 0 aliphatic carbocycles. The van der Waals surface area contributed by atoms with Gasteiger partial charge < -0.3 is 15.4 Å². The number of nitrogens with zero attached hydrogens (tertiary/aromatic N) is 1. The summed E-state index contributed by atoms with van der Waals surface area (Å²) in [6, 6.07) is 0. The van der Waals surface area contributed by atoms with Crippen LogP contribution in [0.1, 0.15) is 12.6 Å². The molecule has 0 aliphatic rings. The van der Waals surface area contributed by atoms with Gasteiger partial charge in [0.1, 0.15) is 5.54 Å². The van der Waals surface area contributed by atoms with Crippen molar-refractivity contribution in [2.75, 3.05) is 7.05 Å². The highest BCUT2D eigenvalue weighted by Gasteiger charge is 2.31. The zero-order valence-corrected chi connectivity index (χ0v) is 7.66. The summed E-state index contributed by atoms with van der Waals surface area (Å²) in [6.07, 6.45) is 3.59. The highest BCUT2D eigenvalue weighted by molar-refractivity contribution is 5.78. The quantitative estimate of drug-likeness (QED) is 0.614. The Bertz CT molecular complexity index is 284. The minimum Gasteiger partial charge on any atom is -0.480 e. The zero-order valence-electron chi connectivity index (χ0n) is 7.66. The fourth-order valence-corrected chi connectivity index (χ4v) is 1.02. The molecule has 13 heavy (non-hydrogen) atoms. The Kier molecular flexibility index (Phi) is 2.67. The fraction of sp³-hybridized carbons (Fsp3) is 0.500. The van der Waals surface area contributed by atoms with Crippen molar-refractivity contribution in [3.05, 3.63) is 18.2 Å². The lowest BCUT2D eigenvalue weighted by molar-refractivity contribution is -0.143. The van der Waals surface area contributed by atoms with Crippen LogP contribution in [0.5, 0.6) is 0 Å². The van der Waals surface area contributed by atoms with Gasteiger partial charge in [0.25, 0.3) is 0 Å². The molecule has 0 amide bonds. The van der Waals surface area contributed by atoms with Crippen LogP contribution in [0.3, 0.4) is 0 Å². The molecular weight excluding hydrogens is 170 g/mol. The third kappa shape index (κ3) is 2.06. The zero-order chi connectivity index (χ0) is 9.90. The van der Waals surface area contributed by atoms with Gasteiger partial charge in [0, 0.05) is 12.6 Å². The summed E-state index contributed by atoms with van der Waals surface area (Å²) in [5.41, 5.74) is -0.214. The van der Waals surface area contributed by atoms with Crippen molar-refractivity contribution in [2.45, 2.75) is 18.9 Å². The number of carboxylic acid groups (broad SMARTS) is 1. The molecule has 1 rings (SSSR count). The maximum atomic E-state index is 10.9. The largest absolute Gasteiger partial charge is 0.480 e. The summed E-state index contributed by atoms with van der Waals surface area (Å²) >= 11 is 0. The molecule has 1 atom stereocenters. The Labute approximate surface area is 76.2 Å². The summed E-state index contributed by atoms with van der Waals surface area (Å²) in [5.74, 6) is -0.877. The van der Waals surface area contributed by atoms with Gasteiger partial charge in [-0.05, 0) is 14.0 Å². The number of carboxylic acids is 1. The van der Waals surface area contributed by atoms with Gasteiger partial charge in [0.05, 0.1) is 12.0 Å². The number of nitrogens with one attached hydrogen (secondary N) is 2. The average molecular weight is 183 g/mol. The normalized spacial score (nSPS) is 15.2. The second kappa shape index (κ2) is 3.57. The number of likely N-dealkylation sites (N-methyl/N-ethyl adjacent to an activating group) is 1. The van der Waals surface area contributed by atoms with E-state index in [1.807, 2.05) is 0 Å². The van der Waals surface area contributed by atoms with Gasteiger partial charge >= 0.3 is 5.97 Å². The van der Waals surface area contributed by atoms with E-state index < -0.39 is 11.5 Å². The Morgan fingerprint density at radius 1 is 1.85 bits per heavy atom. The topological polar surface area (TPSA) is 78.0 Å². The standard InChI is InChI=1S/C8H13N3O2/c1-8(9-2,7(12)13)3-6-4-10-5-11-6/h4-5,9H,3H2,1-2H3,(H,10,11)(H,12,13)/t8-/m0/s1. The smallest absolute Gasteiger partial charge is 0.324 e. The summed E-state index contributed by atoms with van der Waals surface area (Å²) in [7, 11) is 1.63. The highest BCUT2D eigenvalue weighted by Crippen LogP contribution is 2.10. The lowest BCUT2D eigenvalue weighted by Gasteiger charge is -2.22. The second-order valence-electron chi connectivity index (χ2n) is 3.12. The van der Waals surface area contributed by atoms with Crippen LogP contribution in [0.4, 0.5) is 0 Å². The molecule has 0 fully saturated rings. The molecular formula is C8H13N3O2. The van der Waals surface area contributed by atoms with E-state index in [1.165, 1.54) is 6.33 Å². The molecule has 5 nitrogen and oxygen atoms in total. The van der Waals surface area contributed by atoms with Gasteiger partial charge in [-0.2, -0.15) is 0 Å². The van der Waals surface area contributed by atoms with Gasteiger partial charge in [-0.15, -0.1) is 0 Å². The Balaban J connectivity index is 2.75. The lowest BCUT2D eigenvalue weighted by atomic mass is 9.97. The molecule has 0 unspecified atom stereocenters. The van der Waals surface area contributed by atoms with Crippen molar-refractivity contribution < 1.29 is 9.90 Å². The molecule has 0 spiro atoms. The monoisotopic (exact) mass is 183 g/mol. The first kappa shape index (κ1) is 9.73. The second-order valence-corrected chi connectivity index (χ2v) is 3.12. The number of rotatable bonds is 4. The van der Waals surface area contributed by atoms with Crippen LogP contribution >= 0.6 is 0 Å². The molecule has 0 aliphatic heterocycles. The molecule has 0 aromatic carbocycles. The Hall–Kier alpha value is -1.36. The minimum atomic E-state index is -0.949. The third-order valence-corrected chi connectivity index (χ3v) is 2.11. The summed E-state index contributed by atoms with van der Waals surface area (Å²) in [6.45, 7) is 1.63. The average Bonchev–Trinajstić information content (AvgIpc) is 2.56. The van der Waals surface area contributed by atoms with Gasteiger partial charge in [-0.1, -0.05) is 0 Å². The molecule has 0 saturated carbocycles. The van der Waals surface area contributed by atoms with Crippen molar-refractivity contribution >= 4 is 5.97 Å². The van der Waals surface area contributed by atoms with Crippen LogP contribution < -0.4 is 5.32 Å². The van der Waals surface area contributed by atoms with Crippen molar-refractivity contribution in [3.8, 4) is 0 Å². The predicted molar refractivity (Wildman–Crippen MR) is 47.4 cm³/mol. The SMILES string of the molecule is CN[C@@](C)(Cc1c[nH]cn1)C(=O)O. The molecule has 3 N–H and O–H groups in total. The molecule has 1 aromatic heterocycles. The molecule has 72 valence electrons. The molecule has 1 aromatic rings. The Morgan fingerprint density at radius 3 is 2.92 bits per heavy atom.